The minimum absolute atomic E-state index is 0.249. The normalized spacial score (nSPS) is 10.0. The van der Waals surface area contributed by atoms with Crippen LogP contribution >= 0.6 is 30.1 Å². The van der Waals surface area contributed by atoms with Crippen LogP contribution in [0.4, 0.5) is 4.39 Å². The van der Waals surface area contributed by atoms with Crippen LogP contribution in [0.3, 0.4) is 0 Å². The summed E-state index contributed by atoms with van der Waals surface area (Å²) in [6.07, 6.45) is 0. The number of nitrogens with zero attached hydrogens (tertiary/aromatic N) is 2. The molecule has 0 aliphatic heterocycles. The highest BCUT2D eigenvalue weighted by molar-refractivity contribution is 14.2. The van der Waals surface area contributed by atoms with Crippen molar-refractivity contribution >= 4 is 30.1 Å². The van der Waals surface area contributed by atoms with Gasteiger partial charge in [-0.25, -0.2) is 9.07 Å². The SMILES string of the molecule is Cc1nn(-c2ccc(F)cc2)c(C)c1C#CSI. The quantitative estimate of drug-likeness (QED) is 0.556. The Balaban J connectivity index is 2.50. The summed E-state index contributed by atoms with van der Waals surface area (Å²) in [5.74, 6) is 2.83. The topological polar surface area (TPSA) is 17.8 Å². The first-order valence-electron chi connectivity index (χ1n) is 5.24. The number of benzene rings is 1. The van der Waals surface area contributed by atoms with E-state index in [1.54, 1.807) is 16.8 Å². The molecule has 0 unspecified atom stereocenters. The molecule has 0 saturated carbocycles. The summed E-state index contributed by atoms with van der Waals surface area (Å²) in [6, 6.07) is 6.27. The van der Waals surface area contributed by atoms with Gasteiger partial charge in [-0.15, -0.1) is 0 Å². The van der Waals surface area contributed by atoms with E-state index >= 15 is 0 Å². The standard InChI is InChI=1S/C13H10FIN2S/c1-9-13(7-8-18-15)10(2)17(16-9)12-5-3-11(14)4-6-12/h3-6H,1-2H3. The highest BCUT2D eigenvalue weighted by atomic mass is 127. The molecule has 1 heterocycles. The second kappa shape index (κ2) is 5.76. The van der Waals surface area contributed by atoms with E-state index in [4.69, 9.17) is 0 Å². The van der Waals surface area contributed by atoms with Crippen LogP contribution < -0.4 is 0 Å². The zero-order chi connectivity index (χ0) is 13.1. The summed E-state index contributed by atoms with van der Waals surface area (Å²) >= 11 is 2.13. The summed E-state index contributed by atoms with van der Waals surface area (Å²) in [5.41, 5.74) is 3.63. The number of rotatable bonds is 1. The molecule has 0 N–H and O–H groups in total. The van der Waals surface area contributed by atoms with E-state index in [2.05, 4.69) is 37.5 Å². The molecule has 2 nitrogen and oxygen atoms in total. The Morgan fingerprint density at radius 1 is 1.28 bits per heavy atom. The molecule has 0 atom stereocenters. The molecule has 0 fully saturated rings. The van der Waals surface area contributed by atoms with Crippen LogP contribution in [0.15, 0.2) is 24.3 Å². The van der Waals surface area contributed by atoms with Gasteiger partial charge >= 0.3 is 0 Å². The van der Waals surface area contributed by atoms with E-state index in [1.807, 2.05) is 13.8 Å². The van der Waals surface area contributed by atoms with Crippen molar-refractivity contribution in [2.24, 2.45) is 0 Å². The number of aromatic nitrogens is 2. The van der Waals surface area contributed by atoms with E-state index < -0.39 is 0 Å². The molecule has 0 aliphatic rings. The Kier molecular flexibility index (Phi) is 4.30. The second-order valence-corrected chi connectivity index (χ2v) is 5.42. The molecule has 0 radical (unpaired) electrons. The van der Waals surface area contributed by atoms with Gasteiger partial charge in [0.2, 0.25) is 0 Å². The predicted octanol–water partition coefficient (Wildman–Crippen LogP) is 4.02. The van der Waals surface area contributed by atoms with Gasteiger partial charge in [0.15, 0.2) is 0 Å². The second-order valence-electron chi connectivity index (χ2n) is 3.74. The highest BCUT2D eigenvalue weighted by Crippen LogP contribution is 2.18. The lowest BCUT2D eigenvalue weighted by atomic mass is 10.2. The molecule has 18 heavy (non-hydrogen) atoms. The maximum absolute atomic E-state index is 12.9. The molecule has 0 bridgehead atoms. The van der Waals surface area contributed by atoms with Gasteiger partial charge in [0.1, 0.15) is 5.82 Å². The van der Waals surface area contributed by atoms with Crippen LogP contribution in [-0.2, 0) is 0 Å². The Morgan fingerprint density at radius 2 is 1.94 bits per heavy atom. The summed E-state index contributed by atoms with van der Waals surface area (Å²) in [5, 5.41) is 7.40. The fourth-order valence-corrected chi connectivity index (χ4v) is 2.20. The van der Waals surface area contributed by atoms with Crippen molar-refractivity contribution in [2.75, 3.05) is 0 Å². The first-order valence-corrected chi connectivity index (χ1v) is 8.60. The maximum Gasteiger partial charge on any atom is 0.123 e. The van der Waals surface area contributed by atoms with Crippen LogP contribution in [0.25, 0.3) is 5.69 Å². The minimum atomic E-state index is -0.249. The van der Waals surface area contributed by atoms with Crippen LogP contribution in [-0.4, -0.2) is 9.78 Å². The van der Waals surface area contributed by atoms with Gasteiger partial charge in [-0.1, -0.05) is 5.92 Å². The van der Waals surface area contributed by atoms with Crippen molar-refractivity contribution in [1.82, 2.24) is 9.78 Å². The molecule has 0 amide bonds. The average molecular weight is 372 g/mol. The maximum atomic E-state index is 12.9. The van der Waals surface area contributed by atoms with Crippen molar-refractivity contribution in [3.05, 3.63) is 47.0 Å². The third-order valence-electron chi connectivity index (χ3n) is 2.58. The Bertz CT molecular complexity index is 623. The molecule has 1 aromatic heterocycles. The minimum Gasteiger partial charge on any atom is -0.237 e. The fourth-order valence-electron chi connectivity index (χ4n) is 1.73. The first-order chi connectivity index (χ1) is 8.63. The van der Waals surface area contributed by atoms with E-state index in [0.717, 1.165) is 22.6 Å². The molecule has 0 saturated heterocycles. The molecule has 2 aromatic rings. The van der Waals surface area contributed by atoms with Gasteiger partial charge in [-0.05, 0) is 52.3 Å². The molecule has 2 rings (SSSR count). The van der Waals surface area contributed by atoms with Crippen LogP contribution in [0.1, 0.15) is 17.0 Å². The van der Waals surface area contributed by atoms with E-state index in [9.17, 15) is 4.39 Å². The molecule has 0 aliphatic carbocycles. The Morgan fingerprint density at radius 3 is 2.56 bits per heavy atom. The average Bonchev–Trinajstić information content (AvgIpc) is 2.64. The summed E-state index contributed by atoms with van der Waals surface area (Å²) in [6.45, 7) is 3.89. The molecular weight excluding hydrogens is 362 g/mol. The van der Waals surface area contributed by atoms with Crippen molar-refractivity contribution in [1.29, 1.82) is 0 Å². The predicted molar refractivity (Wildman–Crippen MR) is 81.5 cm³/mol. The number of hydrogen-bond donors (Lipinski definition) is 0. The largest absolute Gasteiger partial charge is 0.237 e. The van der Waals surface area contributed by atoms with Crippen molar-refractivity contribution in [3.8, 4) is 16.9 Å². The van der Waals surface area contributed by atoms with Gasteiger partial charge < -0.3 is 0 Å². The summed E-state index contributed by atoms with van der Waals surface area (Å²) in [4.78, 5) is 0. The lowest BCUT2D eigenvalue weighted by molar-refractivity contribution is 0.627. The lowest BCUT2D eigenvalue weighted by Crippen LogP contribution is -1.99. The van der Waals surface area contributed by atoms with Gasteiger partial charge in [0, 0.05) is 21.2 Å². The van der Waals surface area contributed by atoms with Gasteiger partial charge in [-0.2, -0.15) is 5.10 Å². The molecular formula is C13H10FIN2S. The molecule has 0 spiro atoms. The van der Waals surface area contributed by atoms with E-state index in [0.29, 0.717) is 0 Å². The third kappa shape index (κ3) is 2.70. The van der Waals surface area contributed by atoms with E-state index in [1.165, 1.54) is 21.1 Å². The van der Waals surface area contributed by atoms with Gasteiger partial charge in [0.25, 0.3) is 0 Å². The lowest BCUT2D eigenvalue weighted by Gasteiger charge is -2.03. The molecule has 92 valence electrons. The number of hydrogen-bond acceptors (Lipinski definition) is 2. The number of aryl methyl sites for hydroxylation is 1. The Labute approximate surface area is 122 Å². The zero-order valence-corrected chi connectivity index (χ0v) is 12.8. The van der Waals surface area contributed by atoms with Crippen LogP contribution in [0, 0.1) is 30.8 Å². The van der Waals surface area contributed by atoms with E-state index in [-0.39, 0.29) is 5.82 Å². The Hall–Kier alpha value is -1.000. The van der Waals surface area contributed by atoms with Crippen molar-refractivity contribution in [2.45, 2.75) is 13.8 Å². The van der Waals surface area contributed by atoms with Crippen molar-refractivity contribution in [3.63, 3.8) is 0 Å². The number of halogens is 2. The highest BCUT2D eigenvalue weighted by Gasteiger charge is 2.10. The summed E-state index contributed by atoms with van der Waals surface area (Å²) in [7, 11) is 1.44. The smallest absolute Gasteiger partial charge is 0.123 e. The van der Waals surface area contributed by atoms with Gasteiger partial charge in [0.05, 0.1) is 22.6 Å². The fraction of sp³-hybridized carbons (Fsp3) is 0.154. The molecule has 1 aromatic carbocycles. The monoisotopic (exact) mass is 372 g/mol. The summed E-state index contributed by atoms with van der Waals surface area (Å²) < 4.78 is 14.7. The van der Waals surface area contributed by atoms with Crippen LogP contribution in [0.5, 0.6) is 0 Å². The third-order valence-corrected chi connectivity index (χ3v) is 3.42. The van der Waals surface area contributed by atoms with Crippen molar-refractivity contribution < 1.29 is 4.39 Å². The van der Waals surface area contributed by atoms with Crippen LogP contribution in [0.2, 0.25) is 0 Å². The zero-order valence-electron chi connectivity index (χ0n) is 9.87. The molecule has 5 heteroatoms. The van der Waals surface area contributed by atoms with Gasteiger partial charge in [-0.3, -0.25) is 0 Å². The first kappa shape index (κ1) is 13.4.